The summed E-state index contributed by atoms with van der Waals surface area (Å²) in [5, 5.41) is 10.6. The van der Waals surface area contributed by atoms with Crippen LogP contribution in [0.25, 0.3) is 0 Å². The van der Waals surface area contributed by atoms with Crippen molar-refractivity contribution in [3.8, 4) is 0 Å². The van der Waals surface area contributed by atoms with E-state index in [-0.39, 0.29) is 5.82 Å². The standard InChI is InChI=1S/C10H14FN3.C2H4O2/c11-9-7-8(12)1-2-10(9)14-5-3-13-4-6-14;1-2(3)4/h1-2,7,13H,3-6,12H2;1H3,(H,3,4). The maximum Gasteiger partial charge on any atom is 0.300 e. The molecule has 0 bridgehead atoms. The van der Waals surface area contributed by atoms with E-state index < -0.39 is 5.97 Å². The number of nitrogens with one attached hydrogen (secondary N) is 1. The zero-order valence-corrected chi connectivity index (χ0v) is 10.3. The van der Waals surface area contributed by atoms with E-state index in [0.29, 0.717) is 11.4 Å². The number of hydrogen-bond acceptors (Lipinski definition) is 4. The zero-order chi connectivity index (χ0) is 13.5. The summed E-state index contributed by atoms with van der Waals surface area (Å²) in [5.41, 5.74) is 6.61. The number of nitrogens with zero attached hydrogens (tertiary/aromatic N) is 1. The van der Waals surface area contributed by atoms with Gasteiger partial charge in [0.2, 0.25) is 0 Å². The summed E-state index contributed by atoms with van der Waals surface area (Å²) in [6.07, 6.45) is 0. The molecule has 0 amide bonds. The molecule has 1 aliphatic heterocycles. The third-order valence-corrected chi connectivity index (χ3v) is 2.43. The topological polar surface area (TPSA) is 78.6 Å². The Morgan fingerprint density at radius 1 is 1.44 bits per heavy atom. The molecule has 0 unspecified atom stereocenters. The van der Waals surface area contributed by atoms with Gasteiger partial charge in [0.25, 0.3) is 5.97 Å². The number of anilines is 2. The predicted octanol–water partition coefficient (Wildman–Crippen LogP) is 0.908. The molecule has 4 N–H and O–H groups in total. The van der Waals surface area contributed by atoms with Gasteiger partial charge in [-0.05, 0) is 18.2 Å². The molecule has 1 saturated heterocycles. The highest BCUT2D eigenvalue weighted by Gasteiger charge is 2.13. The number of nitrogen functional groups attached to an aromatic ring is 1. The first kappa shape index (κ1) is 14.2. The molecule has 18 heavy (non-hydrogen) atoms. The Morgan fingerprint density at radius 2 is 2.00 bits per heavy atom. The van der Waals surface area contributed by atoms with Gasteiger partial charge >= 0.3 is 0 Å². The van der Waals surface area contributed by atoms with Crippen molar-refractivity contribution in [3.63, 3.8) is 0 Å². The fourth-order valence-electron chi connectivity index (χ4n) is 1.69. The van der Waals surface area contributed by atoms with Crippen LogP contribution in [0.3, 0.4) is 0 Å². The second-order valence-electron chi connectivity index (χ2n) is 3.97. The number of carboxylic acid groups (broad SMARTS) is 1. The maximum atomic E-state index is 13.5. The Hall–Kier alpha value is -1.82. The van der Waals surface area contributed by atoms with E-state index in [1.807, 2.05) is 4.90 Å². The van der Waals surface area contributed by atoms with Crippen LogP contribution in [0.1, 0.15) is 6.92 Å². The monoisotopic (exact) mass is 255 g/mol. The Bertz CT molecular complexity index is 402. The Balaban J connectivity index is 0.000000357. The highest BCUT2D eigenvalue weighted by molar-refractivity contribution is 5.63. The predicted molar refractivity (Wildman–Crippen MR) is 69.2 cm³/mol. The fraction of sp³-hybridized carbons (Fsp3) is 0.417. The molecule has 1 fully saturated rings. The first-order valence-electron chi connectivity index (χ1n) is 5.71. The number of carboxylic acids is 1. The molecule has 0 saturated carbocycles. The Kier molecular flexibility index (Phi) is 5.38. The second-order valence-corrected chi connectivity index (χ2v) is 3.97. The van der Waals surface area contributed by atoms with E-state index in [2.05, 4.69) is 5.32 Å². The van der Waals surface area contributed by atoms with Gasteiger partial charge in [0, 0.05) is 38.8 Å². The lowest BCUT2D eigenvalue weighted by Crippen LogP contribution is -2.43. The van der Waals surface area contributed by atoms with Gasteiger partial charge in [-0.25, -0.2) is 4.39 Å². The van der Waals surface area contributed by atoms with Crippen LogP contribution in [0.15, 0.2) is 18.2 Å². The Morgan fingerprint density at radius 3 is 2.50 bits per heavy atom. The van der Waals surface area contributed by atoms with Crippen LogP contribution >= 0.6 is 0 Å². The average molecular weight is 255 g/mol. The van der Waals surface area contributed by atoms with Gasteiger partial charge in [-0.15, -0.1) is 0 Å². The number of rotatable bonds is 1. The molecule has 2 rings (SSSR count). The van der Waals surface area contributed by atoms with Crippen molar-refractivity contribution < 1.29 is 14.3 Å². The lowest BCUT2D eigenvalue weighted by atomic mass is 10.2. The van der Waals surface area contributed by atoms with Crippen LogP contribution in [-0.4, -0.2) is 37.3 Å². The van der Waals surface area contributed by atoms with E-state index in [1.165, 1.54) is 6.07 Å². The minimum absolute atomic E-state index is 0.230. The lowest BCUT2D eigenvalue weighted by molar-refractivity contribution is -0.134. The summed E-state index contributed by atoms with van der Waals surface area (Å²) in [4.78, 5) is 11.0. The van der Waals surface area contributed by atoms with Crippen molar-refractivity contribution >= 4 is 17.3 Å². The molecule has 0 atom stereocenters. The van der Waals surface area contributed by atoms with Gasteiger partial charge < -0.3 is 21.1 Å². The molecule has 0 aromatic heterocycles. The van der Waals surface area contributed by atoms with E-state index >= 15 is 0 Å². The van der Waals surface area contributed by atoms with Crippen molar-refractivity contribution in [1.29, 1.82) is 0 Å². The van der Waals surface area contributed by atoms with Gasteiger partial charge in [-0.3, -0.25) is 4.79 Å². The zero-order valence-electron chi connectivity index (χ0n) is 10.3. The van der Waals surface area contributed by atoms with Gasteiger partial charge in [-0.2, -0.15) is 0 Å². The van der Waals surface area contributed by atoms with Crippen LogP contribution in [0.5, 0.6) is 0 Å². The van der Waals surface area contributed by atoms with Crippen molar-refractivity contribution in [2.75, 3.05) is 36.8 Å². The van der Waals surface area contributed by atoms with Crippen molar-refractivity contribution in [2.45, 2.75) is 6.92 Å². The minimum atomic E-state index is -0.833. The summed E-state index contributed by atoms with van der Waals surface area (Å²) in [5.74, 6) is -1.06. The van der Waals surface area contributed by atoms with E-state index in [4.69, 9.17) is 15.6 Å². The molecule has 0 radical (unpaired) electrons. The summed E-state index contributed by atoms with van der Waals surface area (Å²) in [7, 11) is 0. The third kappa shape index (κ3) is 4.58. The molecule has 0 spiro atoms. The van der Waals surface area contributed by atoms with E-state index in [9.17, 15) is 4.39 Å². The van der Waals surface area contributed by atoms with Crippen LogP contribution in [0.4, 0.5) is 15.8 Å². The first-order valence-corrected chi connectivity index (χ1v) is 5.71. The van der Waals surface area contributed by atoms with Crippen molar-refractivity contribution in [1.82, 2.24) is 5.32 Å². The third-order valence-electron chi connectivity index (χ3n) is 2.43. The van der Waals surface area contributed by atoms with Crippen LogP contribution < -0.4 is 16.0 Å². The SMILES string of the molecule is CC(=O)O.Nc1ccc(N2CCNCC2)c(F)c1. The molecule has 1 aliphatic rings. The van der Waals surface area contributed by atoms with Gasteiger partial charge in [0.05, 0.1) is 5.69 Å². The number of benzene rings is 1. The molecule has 1 aromatic rings. The smallest absolute Gasteiger partial charge is 0.300 e. The summed E-state index contributed by atoms with van der Waals surface area (Å²) < 4.78 is 13.5. The van der Waals surface area contributed by atoms with Gasteiger partial charge in [0.15, 0.2) is 0 Å². The molecular weight excluding hydrogens is 237 g/mol. The molecule has 1 heterocycles. The first-order chi connectivity index (χ1) is 8.50. The fourth-order valence-corrected chi connectivity index (χ4v) is 1.69. The largest absolute Gasteiger partial charge is 0.481 e. The second kappa shape index (κ2) is 6.80. The number of carbonyl (C=O) groups is 1. The summed E-state index contributed by atoms with van der Waals surface area (Å²) >= 11 is 0. The highest BCUT2D eigenvalue weighted by atomic mass is 19.1. The molecule has 0 aliphatic carbocycles. The Labute approximate surface area is 105 Å². The molecule has 100 valence electrons. The lowest BCUT2D eigenvalue weighted by Gasteiger charge is -2.29. The van der Waals surface area contributed by atoms with Crippen molar-refractivity contribution in [3.05, 3.63) is 24.0 Å². The highest BCUT2D eigenvalue weighted by Crippen LogP contribution is 2.21. The van der Waals surface area contributed by atoms with E-state index in [1.54, 1.807) is 12.1 Å². The number of hydrogen-bond donors (Lipinski definition) is 3. The summed E-state index contributed by atoms with van der Waals surface area (Å²) in [6.45, 7) is 4.59. The normalized spacial score (nSPS) is 14.7. The number of halogens is 1. The quantitative estimate of drug-likeness (QED) is 0.650. The molecule has 5 nitrogen and oxygen atoms in total. The maximum absolute atomic E-state index is 13.5. The average Bonchev–Trinajstić information content (AvgIpc) is 2.29. The van der Waals surface area contributed by atoms with Crippen molar-refractivity contribution in [2.24, 2.45) is 0 Å². The molecule has 1 aromatic carbocycles. The minimum Gasteiger partial charge on any atom is -0.481 e. The van der Waals surface area contributed by atoms with Crippen LogP contribution in [-0.2, 0) is 4.79 Å². The molecule has 6 heteroatoms. The van der Waals surface area contributed by atoms with Gasteiger partial charge in [-0.1, -0.05) is 0 Å². The van der Waals surface area contributed by atoms with Crippen LogP contribution in [0, 0.1) is 5.82 Å². The summed E-state index contributed by atoms with van der Waals surface area (Å²) in [6, 6.07) is 4.85. The molecular formula is C12H18FN3O2. The number of nitrogens with two attached hydrogens (primary N) is 1. The van der Waals surface area contributed by atoms with E-state index in [0.717, 1.165) is 33.1 Å². The number of aliphatic carboxylic acids is 1. The van der Waals surface area contributed by atoms with Gasteiger partial charge in [0.1, 0.15) is 5.82 Å². The number of piperazine rings is 1. The van der Waals surface area contributed by atoms with Crippen LogP contribution in [0.2, 0.25) is 0 Å².